The Kier molecular flexibility index (Phi) is 3.48. The minimum atomic E-state index is -3.42. The van der Waals surface area contributed by atoms with Gasteiger partial charge in [0.1, 0.15) is 10.3 Å². The first-order chi connectivity index (χ1) is 9.15. The molecule has 1 unspecified atom stereocenters. The number of sulfone groups is 1. The Hall–Kier alpha value is -1.09. The lowest BCUT2D eigenvalue weighted by molar-refractivity contribution is 0.0430. The van der Waals surface area contributed by atoms with Crippen LogP contribution in [0.2, 0.25) is 0 Å². The first-order valence-electron chi connectivity index (χ1n) is 5.92. The average molecular weight is 299 g/mol. The van der Waals surface area contributed by atoms with Crippen molar-refractivity contribution < 1.29 is 13.2 Å². The Morgan fingerprint density at radius 3 is 3.16 bits per heavy atom. The summed E-state index contributed by atoms with van der Waals surface area (Å²) < 4.78 is 30.1. The molecule has 0 bridgehead atoms. The molecule has 0 aromatic carbocycles. The molecule has 1 aliphatic heterocycles. The van der Waals surface area contributed by atoms with E-state index in [1.807, 2.05) is 0 Å². The van der Waals surface area contributed by atoms with Gasteiger partial charge in [-0.15, -0.1) is 0 Å². The van der Waals surface area contributed by atoms with Crippen molar-refractivity contribution in [1.29, 1.82) is 0 Å². The zero-order valence-electron chi connectivity index (χ0n) is 10.1. The lowest BCUT2D eigenvalue weighted by Crippen LogP contribution is -2.42. The van der Waals surface area contributed by atoms with Gasteiger partial charge >= 0.3 is 0 Å². The first kappa shape index (κ1) is 12.9. The van der Waals surface area contributed by atoms with Crippen LogP contribution in [0.4, 0.5) is 0 Å². The molecule has 102 valence electrons. The highest BCUT2D eigenvalue weighted by Gasteiger charge is 2.26. The molecule has 3 rings (SSSR count). The second-order valence-corrected chi connectivity index (χ2v) is 7.47. The SMILES string of the molecule is O=S(=O)(CC1CNCCO1)c1nc2cccnc2s1. The summed E-state index contributed by atoms with van der Waals surface area (Å²) in [6.45, 7) is 1.87. The van der Waals surface area contributed by atoms with E-state index in [0.717, 1.165) is 17.9 Å². The second kappa shape index (κ2) is 5.12. The van der Waals surface area contributed by atoms with Crippen LogP contribution < -0.4 is 5.32 Å². The molecule has 1 atom stereocenters. The van der Waals surface area contributed by atoms with Crippen molar-refractivity contribution in [3.8, 4) is 0 Å². The van der Waals surface area contributed by atoms with Crippen molar-refractivity contribution in [3.63, 3.8) is 0 Å². The van der Waals surface area contributed by atoms with Gasteiger partial charge in [-0.2, -0.15) is 0 Å². The van der Waals surface area contributed by atoms with Gasteiger partial charge in [0.25, 0.3) is 0 Å². The molecule has 1 fully saturated rings. The third-order valence-electron chi connectivity index (χ3n) is 2.82. The number of morpholine rings is 1. The Morgan fingerprint density at radius 1 is 1.53 bits per heavy atom. The fraction of sp³-hybridized carbons (Fsp3) is 0.455. The van der Waals surface area contributed by atoms with Gasteiger partial charge in [0.05, 0.1) is 18.5 Å². The summed E-state index contributed by atoms with van der Waals surface area (Å²) >= 11 is 1.11. The van der Waals surface area contributed by atoms with E-state index in [-0.39, 0.29) is 16.2 Å². The maximum absolute atomic E-state index is 12.3. The number of thiazole rings is 1. The smallest absolute Gasteiger partial charge is 0.211 e. The zero-order chi connectivity index (χ0) is 13.3. The van der Waals surface area contributed by atoms with Crippen molar-refractivity contribution in [3.05, 3.63) is 18.3 Å². The molecule has 0 radical (unpaired) electrons. The summed E-state index contributed by atoms with van der Waals surface area (Å²) in [6.07, 6.45) is 1.32. The van der Waals surface area contributed by atoms with Gasteiger partial charge in [0, 0.05) is 19.3 Å². The van der Waals surface area contributed by atoms with E-state index in [0.29, 0.717) is 23.5 Å². The van der Waals surface area contributed by atoms with Gasteiger partial charge in [0.15, 0.2) is 0 Å². The van der Waals surface area contributed by atoms with E-state index in [9.17, 15) is 8.42 Å². The Morgan fingerprint density at radius 2 is 2.42 bits per heavy atom. The number of aromatic nitrogens is 2. The maximum atomic E-state index is 12.3. The van der Waals surface area contributed by atoms with E-state index in [2.05, 4.69) is 15.3 Å². The number of rotatable bonds is 3. The summed E-state index contributed by atoms with van der Waals surface area (Å²) in [5.41, 5.74) is 0.619. The number of nitrogens with zero attached hydrogens (tertiary/aromatic N) is 2. The number of pyridine rings is 1. The quantitative estimate of drug-likeness (QED) is 0.886. The molecule has 8 heteroatoms. The molecule has 1 aliphatic rings. The van der Waals surface area contributed by atoms with E-state index >= 15 is 0 Å². The number of nitrogens with one attached hydrogen (secondary N) is 1. The molecule has 0 amide bonds. The van der Waals surface area contributed by atoms with Crippen molar-refractivity contribution in [2.24, 2.45) is 0 Å². The predicted octanol–water partition coefficient (Wildman–Crippen LogP) is 0.453. The van der Waals surface area contributed by atoms with Gasteiger partial charge in [-0.3, -0.25) is 0 Å². The van der Waals surface area contributed by atoms with Crippen LogP contribution in [-0.4, -0.2) is 49.9 Å². The van der Waals surface area contributed by atoms with Crippen molar-refractivity contribution in [2.75, 3.05) is 25.4 Å². The molecular formula is C11H13N3O3S2. The van der Waals surface area contributed by atoms with Crippen LogP contribution in [0.15, 0.2) is 22.7 Å². The number of hydrogen-bond acceptors (Lipinski definition) is 7. The van der Waals surface area contributed by atoms with Crippen LogP contribution >= 0.6 is 11.3 Å². The Bertz CT molecular complexity index is 644. The summed E-state index contributed by atoms with van der Waals surface area (Å²) in [6, 6.07) is 3.50. The van der Waals surface area contributed by atoms with Crippen molar-refractivity contribution >= 4 is 31.5 Å². The minimum absolute atomic E-state index is 0.0418. The van der Waals surface area contributed by atoms with Gasteiger partial charge in [0.2, 0.25) is 14.2 Å². The van der Waals surface area contributed by atoms with Crippen molar-refractivity contribution in [2.45, 2.75) is 10.4 Å². The fourth-order valence-electron chi connectivity index (χ4n) is 1.93. The third-order valence-corrected chi connectivity index (χ3v) is 6.04. The van der Waals surface area contributed by atoms with Gasteiger partial charge in [-0.05, 0) is 12.1 Å². The summed E-state index contributed by atoms with van der Waals surface area (Å²) in [7, 11) is -3.42. The van der Waals surface area contributed by atoms with Crippen LogP contribution in [0.25, 0.3) is 10.3 Å². The number of fused-ring (bicyclic) bond motifs is 1. The number of ether oxygens (including phenoxy) is 1. The minimum Gasteiger partial charge on any atom is -0.375 e. The summed E-state index contributed by atoms with van der Waals surface area (Å²) in [5.74, 6) is -0.0418. The fourth-order valence-corrected chi connectivity index (χ4v) is 4.60. The van der Waals surface area contributed by atoms with Crippen LogP contribution in [0, 0.1) is 0 Å². The Balaban J connectivity index is 1.86. The standard InChI is InChI=1S/C11H13N3O3S2/c15-19(16,7-8-6-12-4-5-17-8)11-14-9-2-1-3-13-10(9)18-11/h1-3,8,12H,4-7H2. The normalized spacial score (nSPS) is 20.7. The highest BCUT2D eigenvalue weighted by Crippen LogP contribution is 2.24. The van der Waals surface area contributed by atoms with E-state index in [1.165, 1.54) is 0 Å². The van der Waals surface area contributed by atoms with E-state index in [4.69, 9.17) is 4.74 Å². The Labute approximate surface area is 114 Å². The van der Waals surface area contributed by atoms with E-state index < -0.39 is 9.84 Å². The van der Waals surface area contributed by atoms with Crippen LogP contribution in [0.3, 0.4) is 0 Å². The summed E-state index contributed by atoms with van der Waals surface area (Å²) in [4.78, 5) is 8.89. The third kappa shape index (κ3) is 2.76. The molecule has 2 aromatic rings. The topological polar surface area (TPSA) is 81.2 Å². The van der Waals surface area contributed by atoms with Gasteiger partial charge in [-0.25, -0.2) is 18.4 Å². The van der Waals surface area contributed by atoms with Crippen LogP contribution in [0.5, 0.6) is 0 Å². The molecule has 19 heavy (non-hydrogen) atoms. The van der Waals surface area contributed by atoms with Gasteiger partial charge in [-0.1, -0.05) is 11.3 Å². The average Bonchev–Trinajstić information content (AvgIpc) is 2.84. The molecule has 2 aromatic heterocycles. The molecule has 1 N–H and O–H groups in total. The molecule has 0 saturated carbocycles. The molecule has 0 aliphatic carbocycles. The predicted molar refractivity (Wildman–Crippen MR) is 72.1 cm³/mol. The van der Waals surface area contributed by atoms with Crippen LogP contribution in [-0.2, 0) is 14.6 Å². The lowest BCUT2D eigenvalue weighted by atomic mass is 10.3. The molecule has 6 nitrogen and oxygen atoms in total. The van der Waals surface area contributed by atoms with Gasteiger partial charge < -0.3 is 10.1 Å². The lowest BCUT2D eigenvalue weighted by Gasteiger charge is -2.22. The monoisotopic (exact) mass is 299 g/mol. The maximum Gasteiger partial charge on any atom is 0.211 e. The molecule has 1 saturated heterocycles. The molecule has 0 spiro atoms. The molecular weight excluding hydrogens is 286 g/mol. The highest BCUT2D eigenvalue weighted by molar-refractivity contribution is 7.93. The largest absolute Gasteiger partial charge is 0.375 e. The second-order valence-electron chi connectivity index (χ2n) is 4.29. The zero-order valence-corrected chi connectivity index (χ0v) is 11.7. The first-order valence-corrected chi connectivity index (χ1v) is 8.39. The van der Waals surface area contributed by atoms with Crippen molar-refractivity contribution in [1.82, 2.24) is 15.3 Å². The number of hydrogen-bond donors (Lipinski definition) is 1. The van der Waals surface area contributed by atoms with E-state index in [1.54, 1.807) is 18.3 Å². The highest BCUT2D eigenvalue weighted by atomic mass is 32.2. The molecule has 3 heterocycles. The summed E-state index contributed by atoms with van der Waals surface area (Å²) in [5, 5.41) is 3.12. The van der Waals surface area contributed by atoms with Crippen LogP contribution in [0.1, 0.15) is 0 Å².